The zero-order valence-corrected chi connectivity index (χ0v) is 16.7. The van der Waals surface area contributed by atoms with Gasteiger partial charge in [0.1, 0.15) is 4.88 Å². The molecule has 0 aliphatic carbocycles. The van der Waals surface area contributed by atoms with Gasteiger partial charge in [0.25, 0.3) is 5.91 Å². The van der Waals surface area contributed by atoms with E-state index in [-0.39, 0.29) is 6.61 Å². The first-order valence-corrected chi connectivity index (χ1v) is 9.71. The lowest BCUT2D eigenvalue weighted by Crippen LogP contribution is -2.14. The number of hydrogen-bond acceptors (Lipinski definition) is 6. The molecule has 148 valence electrons. The molecule has 3 aromatic rings. The van der Waals surface area contributed by atoms with Gasteiger partial charge in [0.05, 0.1) is 25.0 Å². The van der Waals surface area contributed by atoms with Gasteiger partial charge in [-0.2, -0.15) is 0 Å². The number of carbonyl (C=O) groups is 3. The molecule has 3 rings (SSSR count). The monoisotopic (exact) mass is 409 g/mol. The Morgan fingerprint density at radius 1 is 0.931 bits per heavy atom. The van der Waals surface area contributed by atoms with Crippen molar-refractivity contribution in [2.75, 3.05) is 19.0 Å². The fourth-order valence-electron chi connectivity index (χ4n) is 2.65. The largest absolute Gasteiger partial charge is 0.465 e. The lowest BCUT2D eigenvalue weighted by atomic mass is 10.1. The van der Waals surface area contributed by atoms with Gasteiger partial charge in [-0.25, -0.2) is 9.59 Å². The Morgan fingerprint density at radius 3 is 2.21 bits per heavy atom. The van der Waals surface area contributed by atoms with Crippen molar-refractivity contribution in [3.05, 3.63) is 76.7 Å². The third-order valence-electron chi connectivity index (χ3n) is 4.07. The van der Waals surface area contributed by atoms with Gasteiger partial charge in [0.15, 0.2) is 0 Å². The molecule has 1 heterocycles. The van der Waals surface area contributed by atoms with E-state index < -0.39 is 17.8 Å². The maximum atomic E-state index is 12.7. The number of amides is 1. The number of ether oxygens (including phenoxy) is 2. The maximum absolute atomic E-state index is 12.7. The van der Waals surface area contributed by atoms with Gasteiger partial charge in [-0.3, -0.25) is 4.79 Å². The number of methoxy groups -OCH3 is 1. The summed E-state index contributed by atoms with van der Waals surface area (Å²) in [5.74, 6) is -1.37. The summed E-state index contributed by atoms with van der Waals surface area (Å²) >= 11 is 1.26. The van der Waals surface area contributed by atoms with Crippen molar-refractivity contribution in [2.24, 2.45) is 0 Å². The first-order chi connectivity index (χ1) is 14.0. The molecule has 0 spiro atoms. The highest BCUT2D eigenvalue weighted by molar-refractivity contribution is 7.18. The molecule has 1 aromatic heterocycles. The molecule has 6 nitrogen and oxygen atoms in total. The maximum Gasteiger partial charge on any atom is 0.350 e. The zero-order chi connectivity index (χ0) is 20.8. The standard InChI is InChI=1S/C22H19NO5S/c1-3-28-22(26)19-17(13-18(29-19)14-7-5-4-6-8-14)23-20(24)15-9-11-16(12-10-15)21(25)27-2/h4-13H,3H2,1-2H3,(H,23,24). The van der Waals surface area contributed by atoms with Gasteiger partial charge in [-0.05, 0) is 42.8 Å². The van der Waals surface area contributed by atoms with Gasteiger partial charge in [-0.1, -0.05) is 30.3 Å². The summed E-state index contributed by atoms with van der Waals surface area (Å²) in [5.41, 5.74) is 2.01. The number of nitrogens with one attached hydrogen (secondary N) is 1. The minimum atomic E-state index is -0.490. The third-order valence-corrected chi connectivity index (χ3v) is 5.23. The van der Waals surface area contributed by atoms with Crippen molar-refractivity contribution in [2.45, 2.75) is 6.92 Å². The Kier molecular flexibility index (Phi) is 6.41. The second-order valence-electron chi connectivity index (χ2n) is 5.96. The average Bonchev–Trinajstić information content (AvgIpc) is 3.18. The molecule has 2 aromatic carbocycles. The number of benzene rings is 2. The SMILES string of the molecule is CCOC(=O)c1sc(-c2ccccc2)cc1NC(=O)c1ccc(C(=O)OC)cc1. The predicted octanol–water partition coefficient (Wildman–Crippen LogP) is 4.63. The van der Waals surface area contributed by atoms with Crippen LogP contribution >= 0.6 is 11.3 Å². The molecular weight excluding hydrogens is 390 g/mol. The van der Waals surface area contributed by atoms with Crippen LogP contribution in [-0.2, 0) is 9.47 Å². The van der Waals surface area contributed by atoms with Crippen LogP contribution in [0.3, 0.4) is 0 Å². The van der Waals surface area contributed by atoms with E-state index in [2.05, 4.69) is 10.1 Å². The van der Waals surface area contributed by atoms with Gasteiger partial charge in [-0.15, -0.1) is 11.3 Å². The molecule has 0 aliphatic rings. The molecule has 0 saturated heterocycles. The van der Waals surface area contributed by atoms with E-state index in [0.29, 0.717) is 21.7 Å². The summed E-state index contributed by atoms with van der Waals surface area (Å²) in [4.78, 5) is 37.7. The lowest BCUT2D eigenvalue weighted by Gasteiger charge is -2.07. The number of esters is 2. The van der Waals surface area contributed by atoms with Crippen LogP contribution in [0.5, 0.6) is 0 Å². The van der Waals surface area contributed by atoms with Gasteiger partial charge in [0.2, 0.25) is 0 Å². The smallest absolute Gasteiger partial charge is 0.350 e. The minimum Gasteiger partial charge on any atom is -0.465 e. The predicted molar refractivity (Wildman–Crippen MR) is 111 cm³/mol. The molecule has 0 saturated carbocycles. The Balaban J connectivity index is 1.88. The van der Waals surface area contributed by atoms with Crippen LogP contribution in [0.2, 0.25) is 0 Å². The first kappa shape index (κ1) is 20.3. The highest BCUT2D eigenvalue weighted by atomic mass is 32.1. The lowest BCUT2D eigenvalue weighted by molar-refractivity contribution is 0.0532. The van der Waals surface area contributed by atoms with Crippen molar-refractivity contribution in [3.63, 3.8) is 0 Å². The van der Waals surface area contributed by atoms with Gasteiger partial charge in [0, 0.05) is 10.4 Å². The van der Waals surface area contributed by atoms with E-state index in [9.17, 15) is 14.4 Å². The van der Waals surface area contributed by atoms with E-state index in [1.807, 2.05) is 30.3 Å². The Hall–Kier alpha value is -3.45. The van der Waals surface area contributed by atoms with Crippen LogP contribution in [0.15, 0.2) is 60.7 Å². The molecule has 29 heavy (non-hydrogen) atoms. The van der Waals surface area contributed by atoms with Crippen molar-refractivity contribution < 1.29 is 23.9 Å². The Morgan fingerprint density at radius 2 is 1.59 bits per heavy atom. The van der Waals surface area contributed by atoms with Gasteiger partial charge >= 0.3 is 11.9 Å². The normalized spacial score (nSPS) is 10.3. The quantitative estimate of drug-likeness (QED) is 0.600. The van der Waals surface area contributed by atoms with Crippen LogP contribution in [0.4, 0.5) is 5.69 Å². The van der Waals surface area contributed by atoms with Crippen LogP contribution in [0.25, 0.3) is 10.4 Å². The summed E-state index contributed by atoms with van der Waals surface area (Å²) in [7, 11) is 1.29. The molecule has 0 unspecified atom stereocenters. The molecule has 0 fully saturated rings. The number of thiophene rings is 1. The summed E-state index contributed by atoms with van der Waals surface area (Å²) < 4.78 is 9.78. The third kappa shape index (κ3) is 4.70. The van der Waals surface area contributed by atoms with E-state index >= 15 is 0 Å². The topological polar surface area (TPSA) is 81.7 Å². The van der Waals surface area contributed by atoms with E-state index in [1.54, 1.807) is 13.0 Å². The highest BCUT2D eigenvalue weighted by Crippen LogP contribution is 2.35. The minimum absolute atomic E-state index is 0.236. The second-order valence-corrected chi connectivity index (χ2v) is 7.02. The van der Waals surface area contributed by atoms with Crippen LogP contribution in [0.1, 0.15) is 37.3 Å². The average molecular weight is 409 g/mol. The van der Waals surface area contributed by atoms with Gasteiger partial charge < -0.3 is 14.8 Å². The molecular formula is C22H19NO5S. The zero-order valence-electron chi connectivity index (χ0n) is 15.9. The second kappa shape index (κ2) is 9.16. The summed E-state index contributed by atoms with van der Waals surface area (Å²) in [6, 6.07) is 17.4. The highest BCUT2D eigenvalue weighted by Gasteiger charge is 2.20. The summed E-state index contributed by atoms with van der Waals surface area (Å²) in [6.07, 6.45) is 0. The number of hydrogen-bond donors (Lipinski definition) is 1. The van der Waals surface area contributed by atoms with Crippen molar-refractivity contribution >= 4 is 34.9 Å². The van der Waals surface area contributed by atoms with Crippen LogP contribution in [-0.4, -0.2) is 31.6 Å². The van der Waals surface area contributed by atoms with E-state index in [0.717, 1.165) is 10.4 Å². The molecule has 0 atom stereocenters. The van der Waals surface area contributed by atoms with E-state index in [1.165, 1.54) is 42.7 Å². The Bertz CT molecular complexity index is 1030. The molecule has 1 N–H and O–H groups in total. The molecule has 7 heteroatoms. The molecule has 1 amide bonds. The number of rotatable bonds is 6. The van der Waals surface area contributed by atoms with Crippen molar-refractivity contribution in [1.82, 2.24) is 0 Å². The van der Waals surface area contributed by atoms with E-state index in [4.69, 9.17) is 4.74 Å². The molecule has 0 aliphatic heterocycles. The Labute approximate surface area is 172 Å². The summed E-state index contributed by atoms with van der Waals surface area (Å²) in [5, 5.41) is 2.77. The molecule has 0 radical (unpaired) electrons. The summed E-state index contributed by atoms with van der Waals surface area (Å²) in [6.45, 7) is 1.96. The first-order valence-electron chi connectivity index (χ1n) is 8.89. The number of carbonyl (C=O) groups excluding carboxylic acids is 3. The fourth-order valence-corrected chi connectivity index (χ4v) is 3.66. The van der Waals surface area contributed by atoms with Crippen molar-refractivity contribution in [1.29, 1.82) is 0 Å². The number of anilines is 1. The van der Waals surface area contributed by atoms with Crippen molar-refractivity contribution in [3.8, 4) is 10.4 Å². The van der Waals surface area contributed by atoms with Crippen LogP contribution in [0, 0.1) is 0 Å². The molecule has 0 bridgehead atoms. The van der Waals surface area contributed by atoms with Crippen LogP contribution < -0.4 is 5.32 Å². The fraction of sp³-hybridized carbons (Fsp3) is 0.136.